The average molecular weight is 486 g/mol. The van der Waals surface area contributed by atoms with E-state index in [4.69, 9.17) is 4.74 Å². The maximum Gasteiger partial charge on any atom is 0.407 e. The smallest absolute Gasteiger partial charge is 0.407 e. The third kappa shape index (κ3) is 4.38. The van der Waals surface area contributed by atoms with Crippen molar-refractivity contribution in [3.63, 3.8) is 0 Å². The van der Waals surface area contributed by atoms with E-state index >= 15 is 0 Å². The van der Waals surface area contributed by atoms with E-state index in [0.29, 0.717) is 11.8 Å². The summed E-state index contributed by atoms with van der Waals surface area (Å²) in [6.45, 7) is 2.00. The maximum absolute atomic E-state index is 13.3. The van der Waals surface area contributed by atoms with Crippen molar-refractivity contribution in [1.29, 1.82) is 0 Å². The van der Waals surface area contributed by atoms with Gasteiger partial charge in [-0.25, -0.2) is 4.79 Å². The number of para-hydroxylation sites is 1. The minimum absolute atomic E-state index is 0.249. The van der Waals surface area contributed by atoms with E-state index in [1.54, 1.807) is 6.92 Å². The lowest BCUT2D eigenvalue weighted by atomic mass is 9.48. The molecule has 4 fully saturated rings. The van der Waals surface area contributed by atoms with E-state index in [1.165, 1.54) is 44.1 Å². The minimum Gasteiger partial charge on any atom is -0.450 e. The number of hydrogen-bond donors (Lipinski definition) is 3. The Kier molecular flexibility index (Phi) is 5.98. The molecule has 36 heavy (non-hydrogen) atoms. The van der Waals surface area contributed by atoms with Gasteiger partial charge in [0.25, 0.3) is 0 Å². The Labute approximate surface area is 212 Å². The van der Waals surface area contributed by atoms with Crippen LogP contribution in [0.25, 0.3) is 10.9 Å². The van der Waals surface area contributed by atoms with Gasteiger partial charge in [-0.15, -0.1) is 0 Å². The van der Waals surface area contributed by atoms with Gasteiger partial charge in [-0.05, 0) is 97.9 Å². The average Bonchev–Trinajstić information content (AvgIpc) is 3.26. The molecule has 2 aromatic carbocycles. The molecule has 2 amide bonds. The van der Waals surface area contributed by atoms with E-state index < -0.39 is 12.1 Å². The fraction of sp³-hybridized carbons (Fsp3) is 0.467. The first-order valence-electron chi connectivity index (χ1n) is 13.4. The number of carbonyl (C=O) groups excluding carboxylic acids is 2. The number of nitrogens with one attached hydrogen (secondary N) is 3. The summed E-state index contributed by atoms with van der Waals surface area (Å²) in [4.78, 5) is 28.8. The van der Waals surface area contributed by atoms with Gasteiger partial charge < -0.3 is 20.4 Å². The highest BCUT2D eigenvalue weighted by Crippen LogP contribution is 2.60. The molecule has 1 heterocycles. The monoisotopic (exact) mass is 485 g/mol. The van der Waals surface area contributed by atoms with Crippen molar-refractivity contribution >= 4 is 28.6 Å². The Balaban J connectivity index is 1.18. The number of carbonyl (C=O) groups is 2. The van der Waals surface area contributed by atoms with Gasteiger partial charge in [0.1, 0.15) is 6.04 Å². The topological polar surface area (TPSA) is 83.2 Å². The van der Waals surface area contributed by atoms with Crippen LogP contribution in [0.1, 0.15) is 56.6 Å². The Bertz CT molecular complexity index is 1230. The zero-order valence-corrected chi connectivity index (χ0v) is 20.9. The number of alkyl carbamates (subject to hydrolysis) is 1. The molecule has 3 aromatic rings. The lowest BCUT2D eigenvalue weighted by Gasteiger charge is -2.57. The van der Waals surface area contributed by atoms with Crippen molar-refractivity contribution in [2.45, 2.75) is 63.3 Å². The van der Waals surface area contributed by atoms with Crippen molar-refractivity contribution in [2.75, 3.05) is 11.9 Å². The van der Waals surface area contributed by atoms with Crippen LogP contribution in [0.2, 0.25) is 0 Å². The van der Waals surface area contributed by atoms with Crippen LogP contribution in [0.15, 0.2) is 54.7 Å². The predicted octanol–water partition coefficient (Wildman–Crippen LogP) is 5.93. The highest BCUT2D eigenvalue weighted by molar-refractivity contribution is 5.97. The van der Waals surface area contributed by atoms with E-state index in [2.05, 4.69) is 27.8 Å². The quantitative estimate of drug-likeness (QED) is 0.388. The number of hydrogen-bond acceptors (Lipinski definition) is 3. The third-order valence-corrected chi connectivity index (χ3v) is 8.79. The summed E-state index contributed by atoms with van der Waals surface area (Å²) in [5, 5.41) is 6.83. The van der Waals surface area contributed by atoms with Gasteiger partial charge in [-0.3, -0.25) is 4.79 Å². The fourth-order valence-electron chi connectivity index (χ4n) is 7.65. The molecule has 6 nitrogen and oxygen atoms in total. The number of amides is 2. The summed E-state index contributed by atoms with van der Waals surface area (Å²) < 4.78 is 5.07. The molecule has 4 bridgehead atoms. The molecule has 0 saturated heterocycles. The second-order valence-electron chi connectivity index (χ2n) is 11.2. The highest BCUT2D eigenvalue weighted by atomic mass is 16.5. The zero-order valence-electron chi connectivity index (χ0n) is 20.9. The van der Waals surface area contributed by atoms with Crippen molar-refractivity contribution in [3.8, 4) is 0 Å². The van der Waals surface area contributed by atoms with Gasteiger partial charge in [0, 0.05) is 29.2 Å². The molecule has 0 radical (unpaired) electrons. The second-order valence-corrected chi connectivity index (χ2v) is 11.2. The molecule has 7 rings (SSSR count). The Morgan fingerprint density at radius 2 is 1.67 bits per heavy atom. The number of anilines is 1. The van der Waals surface area contributed by atoms with Crippen LogP contribution in [0.5, 0.6) is 0 Å². The van der Waals surface area contributed by atoms with Crippen LogP contribution in [-0.4, -0.2) is 29.6 Å². The normalized spacial score (nSPS) is 27.1. The molecule has 4 aliphatic rings. The standard InChI is InChI=1S/C30H35N3O3/c1-2-36-29(35)33-27(14-22-18-31-26-6-4-3-5-25(22)26)28(34)32-24-9-7-23(8-10-24)30-15-19-11-20(16-30)13-21(12-19)17-30/h3-10,18-21,27,31H,2,11-17H2,1H3,(H,32,34)(H,33,35). The lowest BCUT2D eigenvalue weighted by Crippen LogP contribution is -2.48. The SMILES string of the molecule is CCOC(=O)NC(Cc1c[nH]c2ccccc12)C(=O)Nc1ccc(C23CC4CC(CC(C4)C2)C3)cc1. The van der Waals surface area contributed by atoms with Crippen LogP contribution >= 0.6 is 0 Å². The second kappa shape index (κ2) is 9.30. The molecule has 3 N–H and O–H groups in total. The molecule has 1 aromatic heterocycles. The fourth-order valence-corrected chi connectivity index (χ4v) is 7.65. The van der Waals surface area contributed by atoms with Crippen molar-refractivity contribution in [2.24, 2.45) is 17.8 Å². The third-order valence-electron chi connectivity index (χ3n) is 8.79. The van der Waals surface area contributed by atoms with Crippen molar-refractivity contribution < 1.29 is 14.3 Å². The number of aromatic nitrogens is 1. The summed E-state index contributed by atoms with van der Waals surface area (Å²) in [6.07, 6.45) is 9.92. The van der Waals surface area contributed by atoms with E-state index in [9.17, 15) is 9.59 Å². The molecule has 188 valence electrons. The molecular formula is C30H35N3O3. The van der Waals surface area contributed by atoms with E-state index in [1.807, 2.05) is 42.6 Å². The largest absolute Gasteiger partial charge is 0.450 e. The summed E-state index contributed by atoms with van der Waals surface area (Å²) in [5.74, 6) is 2.44. The molecule has 1 unspecified atom stereocenters. The van der Waals surface area contributed by atoms with Crippen molar-refractivity contribution in [1.82, 2.24) is 10.3 Å². The number of ether oxygens (including phenoxy) is 1. The van der Waals surface area contributed by atoms with Gasteiger partial charge in [-0.2, -0.15) is 0 Å². The zero-order chi connectivity index (χ0) is 24.7. The van der Waals surface area contributed by atoms with E-state index in [0.717, 1.165) is 39.9 Å². The Morgan fingerprint density at radius 3 is 2.33 bits per heavy atom. The number of benzene rings is 2. The number of rotatable bonds is 7. The van der Waals surface area contributed by atoms with Gasteiger partial charge in [0.05, 0.1) is 6.61 Å². The van der Waals surface area contributed by atoms with Crippen LogP contribution in [0.3, 0.4) is 0 Å². The number of fused-ring (bicyclic) bond motifs is 1. The molecular weight excluding hydrogens is 450 g/mol. The Hall–Kier alpha value is -3.28. The van der Waals surface area contributed by atoms with Gasteiger partial charge >= 0.3 is 6.09 Å². The minimum atomic E-state index is -0.758. The number of aromatic amines is 1. The van der Waals surface area contributed by atoms with Crippen LogP contribution in [-0.2, 0) is 21.4 Å². The molecule has 4 saturated carbocycles. The van der Waals surface area contributed by atoms with Crippen LogP contribution in [0, 0.1) is 17.8 Å². The summed E-state index contributed by atoms with van der Waals surface area (Å²) in [5.41, 5.74) is 4.49. The molecule has 4 aliphatic carbocycles. The first-order valence-corrected chi connectivity index (χ1v) is 13.4. The lowest BCUT2D eigenvalue weighted by molar-refractivity contribution is -0.118. The van der Waals surface area contributed by atoms with Crippen molar-refractivity contribution in [3.05, 3.63) is 65.9 Å². The van der Waals surface area contributed by atoms with Crippen LogP contribution < -0.4 is 10.6 Å². The highest BCUT2D eigenvalue weighted by Gasteiger charge is 2.51. The maximum atomic E-state index is 13.3. The van der Waals surface area contributed by atoms with Gasteiger partial charge in [0.2, 0.25) is 5.91 Å². The van der Waals surface area contributed by atoms with Gasteiger partial charge in [0.15, 0.2) is 0 Å². The van der Waals surface area contributed by atoms with Gasteiger partial charge in [-0.1, -0.05) is 30.3 Å². The first-order chi connectivity index (χ1) is 17.5. The predicted molar refractivity (Wildman–Crippen MR) is 141 cm³/mol. The molecule has 6 heteroatoms. The Morgan fingerprint density at radius 1 is 1.00 bits per heavy atom. The summed E-state index contributed by atoms with van der Waals surface area (Å²) >= 11 is 0. The van der Waals surface area contributed by atoms with Crippen LogP contribution in [0.4, 0.5) is 10.5 Å². The first kappa shape index (κ1) is 23.1. The summed E-state index contributed by atoms with van der Waals surface area (Å²) in [7, 11) is 0. The molecule has 0 aliphatic heterocycles. The molecule has 1 atom stereocenters. The summed E-state index contributed by atoms with van der Waals surface area (Å²) in [6, 6.07) is 15.7. The molecule has 0 spiro atoms. The van der Waals surface area contributed by atoms with E-state index in [-0.39, 0.29) is 12.5 Å². The number of H-pyrrole nitrogens is 1.